The molecule has 1 aromatic rings. The van der Waals surface area contributed by atoms with Crippen molar-refractivity contribution in [3.8, 4) is 0 Å². The molecule has 1 heterocycles. The first-order valence-electron chi connectivity index (χ1n) is 2.90. The van der Waals surface area contributed by atoms with Crippen LogP contribution in [0.4, 0.5) is 0 Å². The van der Waals surface area contributed by atoms with Crippen LogP contribution >= 0.6 is 15.9 Å². The van der Waals surface area contributed by atoms with Gasteiger partial charge < -0.3 is 9.15 Å². The number of carbonyl (C=O) groups excluding carboxylic acids is 1. The molecule has 11 heavy (non-hydrogen) atoms. The summed E-state index contributed by atoms with van der Waals surface area (Å²) < 4.78 is 9.30. The normalized spacial score (nSPS) is 9.64. The zero-order valence-electron chi connectivity index (χ0n) is 5.70. The van der Waals surface area contributed by atoms with E-state index in [0.717, 1.165) is 0 Å². The van der Waals surface area contributed by atoms with E-state index in [1.807, 2.05) is 0 Å². The van der Waals surface area contributed by atoms with Crippen molar-refractivity contribution in [1.82, 2.24) is 10.2 Å². The molecule has 0 aliphatic heterocycles. The van der Waals surface area contributed by atoms with E-state index in [-0.39, 0.29) is 10.7 Å². The van der Waals surface area contributed by atoms with Gasteiger partial charge in [0.2, 0.25) is 0 Å². The third-order valence-electron chi connectivity index (χ3n) is 0.850. The quantitative estimate of drug-likeness (QED) is 0.697. The standard InChI is InChI=1S/C5H5BrN2O3/c1-2-10-4(9)3-7-8-5(6)11-3/h2H2,1H3. The summed E-state index contributed by atoms with van der Waals surface area (Å²) in [5.74, 6) is -0.746. The fourth-order valence-corrected chi connectivity index (χ4v) is 0.713. The summed E-state index contributed by atoms with van der Waals surface area (Å²) in [6, 6.07) is 0. The Morgan fingerprint density at radius 3 is 2.91 bits per heavy atom. The van der Waals surface area contributed by atoms with E-state index in [2.05, 4.69) is 30.9 Å². The number of esters is 1. The zero-order chi connectivity index (χ0) is 8.27. The van der Waals surface area contributed by atoms with Gasteiger partial charge in [-0.25, -0.2) is 4.79 Å². The second-order valence-electron chi connectivity index (χ2n) is 1.58. The van der Waals surface area contributed by atoms with Crippen LogP contribution in [0.25, 0.3) is 0 Å². The largest absolute Gasteiger partial charge is 0.459 e. The maximum atomic E-state index is 10.8. The van der Waals surface area contributed by atoms with Crippen molar-refractivity contribution in [2.75, 3.05) is 6.61 Å². The Balaban J connectivity index is 2.69. The summed E-state index contributed by atoms with van der Waals surface area (Å²) in [7, 11) is 0. The zero-order valence-corrected chi connectivity index (χ0v) is 7.29. The number of hydrogen-bond acceptors (Lipinski definition) is 5. The second kappa shape index (κ2) is 3.47. The molecule has 0 atom stereocenters. The first kappa shape index (κ1) is 8.19. The van der Waals surface area contributed by atoms with Gasteiger partial charge in [-0.2, -0.15) is 0 Å². The van der Waals surface area contributed by atoms with E-state index >= 15 is 0 Å². The molecule has 1 aromatic heterocycles. The van der Waals surface area contributed by atoms with Gasteiger partial charge in [0.25, 0.3) is 4.80 Å². The van der Waals surface area contributed by atoms with Crippen LogP contribution in [0.2, 0.25) is 0 Å². The number of halogens is 1. The van der Waals surface area contributed by atoms with Crippen molar-refractivity contribution in [3.05, 3.63) is 10.7 Å². The van der Waals surface area contributed by atoms with Crippen molar-refractivity contribution in [2.45, 2.75) is 6.92 Å². The van der Waals surface area contributed by atoms with Crippen LogP contribution in [0.5, 0.6) is 0 Å². The lowest BCUT2D eigenvalue weighted by molar-refractivity contribution is 0.0479. The van der Waals surface area contributed by atoms with Crippen LogP contribution < -0.4 is 0 Å². The Labute approximate surface area is 70.9 Å². The topological polar surface area (TPSA) is 65.2 Å². The lowest BCUT2D eigenvalue weighted by atomic mass is 10.7. The highest BCUT2D eigenvalue weighted by atomic mass is 79.9. The van der Waals surface area contributed by atoms with Crippen molar-refractivity contribution in [3.63, 3.8) is 0 Å². The molecule has 1 rings (SSSR count). The number of hydrogen-bond donors (Lipinski definition) is 0. The van der Waals surface area contributed by atoms with Crippen LogP contribution in [-0.4, -0.2) is 22.8 Å². The molecule has 0 N–H and O–H groups in total. The minimum atomic E-state index is -0.606. The van der Waals surface area contributed by atoms with Crippen molar-refractivity contribution in [1.29, 1.82) is 0 Å². The third kappa shape index (κ3) is 2.01. The predicted molar refractivity (Wildman–Crippen MR) is 38.0 cm³/mol. The number of rotatable bonds is 2. The molecule has 0 bridgehead atoms. The molecule has 0 saturated heterocycles. The van der Waals surface area contributed by atoms with Crippen LogP contribution in [0.15, 0.2) is 9.22 Å². The number of aromatic nitrogens is 2. The summed E-state index contributed by atoms with van der Waals surface area (Å²) in [6.45, 7) is 1.99. The lowest BCUT2D eigenvalue weighted by Crippen LogP contribution is -2.04. The molecule has 5 nitrogen and oxygen atoms in total. The molecule has 0 unspecified atom stereocenters. The highest BCUT2D eigenvalue weighted by Crippen LogP contribution is 2.07. The Kier molecular flexibility index (Phi) is 2.58. The maximum Gasteiger partial charge on any atom is 0.396 e. The van der Waals surface area contributed by atoms with Gasteiger partial charge >= 0.3 is 11.9 Å². The van der Waals surface area contributed by atoms with Gasteiger partial charge in [0.15, 0.2) is 0 Å². The molecule has 0 amide bonds. The molecule has 0 aliphatic carbocycles. The van der Waals surface area contributed by atoms with Gasteiger partial charge in [0, 0.05) is 15.9 Å². The predicted octanol–water partition coefficient (Wildman–Crippen LogP) is 1.01. The summed E-state index contributed by atoms with van der Waals surface area (Å²) in [5.41, 5.74) is 0. The molecule has 0 spiro atoms. The molecular formula is C5H5BrN2O3. The highest BCUT2D eigenvalue weighted by molar-refractivity contribution is 9.10. The molecule has 60 valence electrons. The van der Waals surface area contributed by atoms with Gasteiger partial charge in [-0.1, -0.05) is 5.10 Å². The van der Waals surface area contributed by atoms with Gasteiger partial charge in [0.1, 0.15) is 0 Å². The molecular weight excluding hydrogens is 216 g/mol. The van der Waals surface area contributed by atoms with Crippen LogP contribution in [0.1, 0.15) is 17.6 Å². The fraction of sp³-hybridized carbons (Fsp3) is 0.400. The maximum absolute atomic E-state index is 10.8. The van der Waals surface area contributed by atoms with E-state index in [9.17, 15) is 4.79 Å². The van der Waals surface area contributed by atoms with Crippen molar-refractivity contribution < 1.29 is 13.9 Å². The summed E-state index contributed by atoms with van der Waals surface area (Å²) >= 11 is 2.90. The van der Waals surface area contributed by atoms with E-state index in [4.69, 9.17) is 4.42 Å². The number of carbonyl (C=O) groups is 1. The second-order valence-corrected chi connectivity index (χ2v) is 2.26. The smallest absolute Gasteiger partial charge is 0.396 e. The van der Waals surface area contributed by atoms with Crippen molar-refractivity contribution >= 4 is 21.9 Å². The fourth-order valence-electron chi connectivity index (χ4n) is 0.481. The Bertz CT molecular complexity index is 260. The van der Waals surface area contributed by atoms with E-state index in [1.165, 1.54) is 0 Å². The van der Waals surface area contributed by atoms with Crippen LogP contribution in [-0.2, 0) is 4.74 Å². The lowest BCUT2D eigenvalue weighted by Gasteiger charge is -1.93. The van der Waals surface area contributed by atoms with Gasteiger partial charge in [-0.15, -0.1) is 5.10 Å². The van der Waals surface area contributed by atoms with E-state index in [0.29, 0.717) is 6.61 Å². The Morgan fingerprint density at radius 2 is 2.45 bits per heavy atom. The van der Waals surface area contributed by atoms with E-state index < -0.39 is 5.97 Å². The SMILES string of the molecule is CCOC(=O)c1nnc(Br)o1. The third-order valence-corrected chi connectivity index (χ3v) is 1.17. The number of nitrogens with zero attached hydrogens (tertiary/aromatic N) is 2. The monoisotopic (exact) mass is 220 g/mol. The number of ether oxygens (including phenoxy) is 1. The average molecular weight is 221 g/mol. The van der Waals surface area contributed by atoms with Gasteiger partial charge in [-0.05, 0) is 6.92 Å². The molecule has 0 aliphatic rings. The molecule has 6 heteroatoms. The van der Waals surface area contributed by atoms with E-state index in [1.54, 1.807) is 6.92 Å². The molecule has 0 fully saturated rings. The van der Waals surface area contributed by atoms with Crippen LogP contribution in [0, 0.1) is 0 Å². The minimum absolute atomic E-state index is 0.140. The first-order valence-corrected chi connectivity index (χ1v) is 3.69. The molecule has 0 aromatic carbocycles. The summed E-state index contributed by atoms with van der Waals surface area (Å²) in [5, 5.41) is 6.82. The average Bonchev–Trinajstić information content (AvgIpc) is 2.36. The molecule has 0 saturated carbocycles. The van der Waals surface area contributed by atoms with Crippen LogP contribution in [0.3, 0.4) is 0 Å². The summed E-state index contributed by atoms with van der Waals surface area (Å²) in [4.78, 5) is 11.0. The Hall–Kier alpha value is -0.910. The molecule has 0 radical (unpaired) electrons. The first-order chi connectivity index (χ1) is 5.24. The Morgan fingerprint density at radius 1 is 1.73 bits per heavy atom. The van der Waals surface area contributed by atoms with Crippen molar-refractivity contribution in [2.24, 2.45) is 0 Å². The van der Waals surface area contributed by atoms with Gasteiger partial charge in [0.05, 0.1) is 6.61 Å². The highest BCUT2D eigenvalue weighted by Gasteiger charge is 2.13. The minimum Gasteiger partial charge on any atom is -0.459 e. The summed E-state index contributed by atoms with van der Waals surface area (Å²) in [6.07, 6.45) is 0. The van der Waals surface area contributed by atoms with Gasteiger partial charge in [-0.3, -0.25) is 0 Å².